The molecule has 0 bridgehead atoms. The molecule has 3 atom stereocenters. The third-order valence-corrected chi connectivity index (χ3v) is 5.69. The number of carboxylic acids is 1. The summed E-state index contributed by atoms with van der Waals surface area (Å²) in [6, 6.07) is 4.50. The number of aromatic nitrogens is 1. The van der Waals surface area contributed by atoms with Gasteiger partial charge in [0.15, 0.2) is 6.10 Å². The van der Waals surface area contributed by atoms with E-state index in [1.807, 2.05) is 0 Å². The number of aryl methyl sites for hydroxylation is 1. The Bertz CT molecular complexity index is 1180. The maximum Gasteiger partial charge on any atom is 0.314 e. The molecular formula is C21H20ClN3O11. The highest BCUT2D eigenvalue weighted by Crippen LogP contribution is 2.40. The van der Waals surface area contributed by atoms with E-state index in [1.54, 1.807) is 13.0 Å². The van der Waals surface area contributed by atoms with Gasteiger partial charge in [-0.25, -0.2) is 0 Å². The fourth-order valence-corrected chi connectivity index (χ4v) is 4.13. The van der Waals surface area contributed by atoms with Crippen LogP contribution in [-0.4, -0.2) is 51.5 Å². The molecule has 14 nitrogen and oxygen atoms in total. The van der Waals surface area contributed by atoms with Crippen molar-refractivity contribution in [2.24, 2.45) is 0 Å². The van der Waals surface area contributed by atoms with Crippen molar-refractivity contribution in [2.75, 3.05) is 13.2 Å². The quantitative estimate of drug-likeness (QED) is 0.242. The van der Waals surface area contributed by atoms with E-state index in [9.17, 15) is 34.9 Å². The smallest absolute Gasteiger partial charge is 0.314 e. The van der Waals surface area contributed by atoms with Gasteiger partial charge in [0.1, 0.15) is 19.1 Å². The normalized spacial score (nSPS) is 14.7. The second-order valence-electron chi connectivity index (χ2n) is 7.75. The molecule has 2 unspecified atom stereocenters. The summed E-state index contributed by atoms with van der Waals surface area (Å²) in [7, 11) is 0. The van der Waals surface area contributed by atoms with Crippen molar-refractivity contribution >= 4 is 23.5 Å². The standard InChI is InChI=1S/C21H20ClN3O11/c1-11-4-13(22)2-3-15(11)18(20(26)27)19(16-6-23-5-12-7-33-10-17(12)16)21(28)34-8-14(36-25(31)32)9-35-24(29)30/h2-6,14,18-19H,7-10H2,1H3,(H,26,27)/t14-,18?,19?/m0/s1. The zero-order chi connectivity index (χ0) is 26.4. The van der Waals surface area contributed by atoms with E-state index in [4.69, 9.17) is 21.1 Å². The summed E-state index contributed by atoms with van der Waals surface area (Å²) in [5.41, 5.74) is 2.25. The monoisotopic (exact) mass is 525 g/mol. The van der Waals surface area contributed by atoms with E-state index in [1.165, 1.54) is 24.5 Å². The Morgan fingerprint density at radius 3 is 2.53 bits per heavy atom. The van der Waals surface area contributed by atoms with Crippen molar-refractivity contribution in [2.45, 2.75) is 38.1 Å². The number of pyridine rings is 1. The molecule has 0 spiro atoms. The summed E-state index contributed by atoms with van der Waals surface area (Å²) in [5, 5.41) is 29.3. The van der Waals surface area contributed by atoms with Crippen LogP contribution < -0.4 is 0 Å². The number of carbonyl (C=O) groups excluding carboxylic acids is 1. The van der Waals surface area contributed by atoms with Gasteiger partial charge in [0.05, 0.1) is 19.1 Å². The maximum atomic E-state index is 13.4. The molecule has 3 rings (SSSR count). The second-order valence-corrected chi connectivity index (χ2v) is 8.19. The SMILES string of the molecule is Cc1cc(Cl)ccc1C(C(=O)O)C(C(=O)OC[C@@H](CO[N+](=O)[O-])O[N+](=O)[O-])c1cncc2c1COC2. The Balaban J connectivity index is 2.00. The van der Waals surface area contributed by atoms with Gasteiger partial charge in [-0.1, -0.05) is 17.7 Å². The number of fused-ring (bicyclic) bond motifs is 1. The summed E-state index contributed by atoms with van der Waals surface area (Å²) in [6.45, 7) is 0.223. The lowest BCUT2D eigenvalue weighted by Crippen LogP contribution is -2.34. The number of carbonyl (C=O) groups is 2. The van der Waals surface area contributed by atoms with Gasteiger partial charge >= 0.3 is 11.9 Å². The minimum atomic E-state index is -1.64. The molecule has 1 N–H and O–H groups in total. The van der Waals surface area contributed by atoms with Crippen LogP contribution in [0.25, 0.3) is 0 Å². The number of halogens is 1. The van der Waals surface area contributed by atoms with E-state index >= 15 is 0 Å². The van der Waals surface area contributed by atoms with E-state index in [0.29, 0.717) is 21.7 Å². The average Bonchev–Trinajstić information content (AvgIpc) is 3.28. The van der Waals surface area contributed by atoms with Crippen LogP contribution in [0.2, 0.25) is 5.02 Å². The van der Waals surface area contributed by atoms with Crippen molar-refractivity contribution in [1.82, 2.24) is 4.98 Å². The summed E-state index contributed by atoms with van der Waals surface area (Å²) < 4.78 is 10.6. The first-order valence-corrected chi connectivity index (χ1v) is 10.7. The molecular weight excluding hydrogens is 506 g/mol. The lowest BCUT2D eigenvalue weighted by atomic mass is 9.78. The number of hydrogen-bond donors (Lipinski definition) is 1. The van der Waals surface area contributed by atoms with Crippen molar-refractivity contribution in [1.29, 1.82) is 0 Å². The second kappa shape index (κ2) is 11.6. The number of benzene rings is 1. The van der Waals surface area contributed by atoms with Gasteiger partial charge in [-0.05, 0) is 41.3 Å². The molecule has 2 heterocycles. The molecule has 0 fully saturated rings. The van der Waals surface area contributed by atoms with E-state index < -0.39 is 53.3 Å². The molecule has 192 valence electrons. The van der Waals surface area contributed by atoms with E-state index in [-0.39, 0.29) is 24.3 Å². The van der Waals surface area contributed by atoms with Gasteiger partial charge in [-0.2, -0.15) is 0 Å². The van der Waals surface area contributed by atoms with Gasteiger partial charge in [-0.3, -0.25) is 14.6 Å². The lowest BCUT2D eigenvalue weighted by Gasteiger charge is -2.26. The molecule has 1 aliphatic heterocycles. The van der Waals surface area contributed by atoms with E-state index in [2.05, 4.69) is 14.7 Å². The fourth-order valence-electron chi connectivity index (χ4n) is 3.91. The zero-order valence-corrected chi connectivity index (χ0v) is 19.5. The lowest BCUT2D eigenvalue weighted by molar-refractivity contribution is -0.790. The van der Waals surface area contributed by atoms with Crippen LogP contribution >= 0.6 is 11.6 Å². The Hall–Kier alpha value is -4.04. The highest BCUT2D eigenvalue weighted by Gasteiger charge is 2.41. The predicted octanol–water partition coefficient (Wildman–Crippen LogP) is 2.35. The van der Waals surface area contributed by atoms with Crippen molar-refractivity contribution in [3.8, 4) is 0 Å². The van der Waals surface area contributed by atoms with Gasteiger partial charge in [-0.15, -0.1) is 20.2 Å². The minimum absolute atomic E-state index is 0.104. The zero-order valence-electron chi connectivity index (χ0n) is 18.7. The van der Waals surface area contributed by atoms with Crippen molar-refractivity contribution in [3.05, 3.63) is 83.7 Å². The first-order chi connectivity index (χ1) is 17.1. The van der Waals surface area contributed by atoms with Gasteiger partial charge in [0.2, 0.25) is 0 Å². The largest absolute Gasteiger partial charge is 0.481 e. The van der Waals surface area contributed by atoms with Crippen LogP contribution in [0.1, 0.15) is 39.7 Å². The molecule has 36 heavy (non-hydrogen) atoms. The van der Waals surface area contributed by atoms with Gasteiger partial charge in [0, 0.05) is 23.0 Å². The number of hydrogen-bond acceptors (Lipinski definition) is 11. The maximum absolute atomic E-state index is 13.4. The molecule has 1 aromatic heterocycles. The van der Waals surface area contributed by atoms with Crippen LogP contribution in [0.3, 0.4) is 0 Å². The first kappa shape index (κ1) is 26.6. The number of esters is 1. The number of nitrogens with zero attached hydrogens (tertiary/aromatic N) is 3. The molecule has 0 saturated heterocycles. The topological polar surface area (TPSA) is 190 Å². The molecule has 1 aromatic carbocycles. The number of rotatable bonds is 12. The molecule has 1 aliphatic rings. The van der Waals surface area contributed by atoms with Crippen LogP contribution in [0, 0.1) is 27.2 Å². The summed E-state index contributed by atoms with van der Waals surface area (Å²) in [4.78, 5) is 59.6. The molecule has 15 heteroatoms. The minimum Gasteiger partial charge on any atom is -0.481 e. The highest BCUT2D eigenvalue weighted by atomic mass is 35.5. The fraction of sp³-hybridized carbons (Fsp3) is 0.381. The third-order valence-electron chi connectivity index (χ3n) is 5.45. The van der Waals surface area contributed by atoms with Crippen LogP contribution in [0.15, 0.2) is 30.6 Å². The van der Waals surface area contributed by atoms with Crippen LogP contribution in [0.5, 0.6) is 0 Å². The molecule has 2 aromatic rings. The van der Waals surface area contributed by atoms with Crippen molar-refractivity contribution in [3.63, 3.8) is 0 Å². The van der Waals surface area contributed by atoms with Crippen molar-refractivity contribution < 1.29 is 44.0 Å². The highest BCUT2D eigenvalue weighted by molar-refractivity contribution is 6.30. The Labute approximate surface area is 207 Å². The number of aliphatic carboxylic acids is 1. The number of ether oxygens (including phenoxy) is 2. The Kier molecular flexibility index (Phi) is 8.55. The molecule has 0 radical (unpaired) electrons. The molecule has 0 amide bonds. The molecule has 0 saturated carbocycles. The predicted molar refractivity (Wildman–Crippen MR) is 118 cm³/mol. The third kappa shape index (κ3) is 6.34. The summed E-state index contributed by atoms with van der Waals surface area (Å²) in [5.74, 6) is -5.35. The number of carboxylic acid groups (broad SMARTS) is 1. The Morgan fingerprint density at radius 1 is 1.14 bits per heavy atom. The molecule has 0 aliphatic carbocycles. The Morgan fingerprint density at radius 2 is 1.89 bits per heavy atom. The van der Waals surface area contributed by atoms with Crippen LogP contribution in [-0.2, 0) is 42.0 Å². The average molecular weight is 526 g/mol. The first-order valence-electron chi connectivity index (χ1n) is 10.4. The van der Waals surface area contributed by atoms with Crippen LogP contribution in [0.4, 0.5) is 0 Å². The summed E-state index contributed by atoms with van der Waals surface area (Å²) >= 11 is 6.02. The summed E-state index contributed by atoms with van der Waals surface area (Å²) in [6.07, 6.45) is 1.23. The van der Waals surface area contributed by atoms with Gasteiger partial charge in [0.25, 0.3) is 10.2 Å². The van der Waals surface area contributed by atoms with E-state index in [0.717, 1.165) is 0 Å². The van der Waals surface area contributed by atoms with Gasteiger partial charge < -0.3 is 24.3 Å².